The van der Waals surface area contributed by atoms with Crippen LogP contribution in [-0.4, -0.2) is 29.7 Å². The Kier molecular flexibility index (Phi) is 5.84. The Morgan fingerprint density at radius 3 is 2.76 bits per heavy atom. The highest BCUT2D eigenvalue weighted by Crippen LogP contribution is 2.40. The second kappa shape index (κ2) is 8.68. The molecule has 1 saturated heterocycles. The summed E-state index contributed by atoms with van der Waals surface area (Å²) in [7, 11) is 0. The first kappa shape index (κ1) is 19.5. The Morgan fingerprint density at radius 2 is 2.00 bits per heavy atom. The van der Waals surface area contributed by atoms with Gasteiger partial charge in [0, 0.05) is 17.7 Å². The minimum atomic E-state index is -0.306. The zero-order valence-electron chi connectivity index (χ0n) is 16.6. The lowest BCUT2D eigenvalue weighted by molar-refractivity contribution is 0.0510. The van der Waals surface area contributed by atoms with Crippen molar-refractivity contribution in [2.75, 3.05) is 6.61 Å². The molecular weight excluding hydrogens is 369 g/mol. The minimum Gasteiger partial charge on any atom is -0.493 e. The molecule has 2 aliphatic heterocycles. The maximum atomic E-state index is 13.7. The van der Waals surface area contributed by atoms with Gasteiger partial charge in [-0.3, -0.25) is 4.90 Å². The smallest absolute Gasteiger partial charge is 0.410 e. The van der Waals surface area contributed by atoms with Gasteiger partial charge in [0.2, 0.25) is 0 Å². The Labute approximate surface area is 170 Å². The Balaban J connectivity index is 1.54. The summed E-state index contributed by atoms with van der Waals surface area (Å²) in [6, 6.07) is 14.5. The van der Waals surface area contributed by atoms with Crippen molar-refractivity contribution >= 4 is 11.7 Å². The molecule has 4 nitrogen and oxygen atoms in total. The van der Waals surface area contributed by atoms with E-state index in [1.54, 1.807) is 6.07 Å². The highest BCUT2D eigenvalue weighted by atomic mass is 19.1. The highest BCUT2D eigenvalue weighted by molar-refractivity contribution is 5.76. The van der Waals surface area contributed by atoms with Crippen LogP contribution < -0.4 is 4.74 Å². The molecule has 1 fully saturated rings. The van der Waals surface area contributed by atoms with Crippen molar-refractivity contribution < 1.29 is 18.7 Å². The zero-order chi connectivity index (χ0) is 20.2. The van der Waals surface area contributed by atoms with E-state index in [2.05, 4.69) is 6.08 Å². The number of hydrogen-bond donors (Lipinski definition) is 0. The monoisotopic (exact) mass is 395 g/mol. The van der Waals surface area contributed by atoms with Crippen LogP contribution in [-0.2, 0) is 11.3 Å². The lowest BCUT2D eigenvalue weighted by Gasteiger charge is -2.44. The van der Waals surface area contributed by atoms with E-state index in [-0.39, 0.29) is 30.6 Å². The van der Waals surface area contributed by atoms with Crippen LogP contribution in [0, 0.1) is 5.82 Å². The van der Waals surface area contributed by atoms with Gasteiger partial charge in [-0.25, -0.2) is 9.18 Å². The maximum absolute atomic E-state index is 13.7. The van der Waals surface area contributed by atoms with Crippen LogP contribution in [0.3, 0.4) is 0 Å². The van der Waals surface area contributed by atoms with Gasteiger partial charge in [0.15, 0.2) is 0 Å². The van der Waals surface area contributed by atoms with Crippen molar-refractivity contribution in [3.05, 3.63) is 71.6 Å². The number of carbonyl (C=O) groups is 1. The molecule has 2 heterocycles. The molecule has 1 amide bonds. The lowest BCUT2D eigenvalue weighted by Crippen LogP contribution is -2.51. The summed E-state index contributed by atoms with van der Waals surface area (Å²) in [6.07, 6.45) is 5.54. The minimum absolute atomic E-state index is 0.000281. The van der Waals surface area contributed by atoms with E-state index in [0.717, 1.165) is 42.4 Å². The zero-order valence-corrected chi connectivity index (χ0v) is 16.6. The van der Waals surface area contributed by atoms with E-state index in [0.29, 0.717) is 12.4 Å². The predicted octanol–water partition coefficient (Wildman–Crippen LogP) is 5.57. The molecule has 2 aromatic rings. The van der Waals surface area contributed by atoms with E-state index in [9.17, 15) is 9.18 Å². The summed E-state index contributed by atoms with van der Waals surface area (Å²) >= 11 is 0. The van der Waals surface area contributed by atoms with E-state index >= 15 is 0 Å². The van der Waals surface area contributed by atoms with Gasteiger partial charge in [-0.1, -0.05) is 36.4 Å². The van der Waals surface area contributed by atoms with E-state index in [1.165, 1.54) is 12.1 Å². The lowest BCUT2D eigenvalue weighted by atomic mass is 9.83. The van der Waals surface area contributed by atoms with E-state index in [4.69, 9.17) is 9.47 Å². The molecule has 2 aromatic carbocycles. The molecule has 0 radical (unpaired) electrons. The van der Waals surface area contributed by atoms with Gasteiger partial charge in [0.25, 0.3) is 0 Å². The third kappa shape index (κ3) is 4.29. The van der Waals surface area contributed by atoms with Crippen LogP contribution in [0.1, 0.15) is 43.7 Å². The number of hydrogen-bond acceptors (Lipinski definition) is 3. The quantitative estimate of drug-likeness (QED) is 0.664. The van der Waals surface area contributed by atoms with Gasteiger partial charge in [-0.05, 0) is 55.9 Å². The van der Waals surface area contributed by atoms with Crippen LogP contribution in [0.2, 0.25) is 0 Å². The van der Waals surface area contributed by atoms with Crippen LogP contribution in [0.5, 0.6) is 5.75 Å². The average molecular weight is 395 g/mol. The second-order valence-corrected chi connectivity index (χ2v) is 7.57. The molecule has 4 rings (SSSR count). The molecule has 5 heteroatoms. The third-order valence-corrected chi connectivity index (χ3v) is 5.64. The number of carbonyl (C=O) groups excluding carboxylic acids is 1. The summed E-state index contributed by atoms with van der Waals surface area (Å²) in [5.41, 5.74) is 3.02. The normalized spacial score (nSPS) is 20.8. The molecule has 0 saturated carbocycles. The summed E-state index contributed by atoms with van der Waals surface area (Å²) in [5, 5.41) is 0. The van der Waals surface area contributed by atoms with Gasteiger partial charge >= 0.3 is 6.09 Å². The number of halogens is 1. The number of benzene rings is 2. The fourth-order valence-electron chi connectivity index (χ4n) is 4.34. The number of piperidine rings is 1. The highest BCUT2D eigenvalue weighted by Gasteiger charge is 2.38. The SMILES string of the molecule is CCOc1cc(F)ccc1C1=CC2CCCC(C1)N2C(=O)OCc1ccccc1. The first-order valence-corrected chi connectivity index (χ1v) is 10.3. The van der Waals surface area contributed by atoms with Gasteiger partial charge in [-0.2, -0.15) is 0 Å². The maximum Gasteiger partial charge on any atom is 0.410 e. The Bertz CT molecular complexity index is 896. The standard InChI is InChI=1S/C24H26FNO3/c1-2-28-23-15-19(25)11-12-22(23)18-13-20-9-6-10-21(14-18)26(20)24(27)29-16-17-7-4-3-5-8-17/h3-5,7-8,11-13,15,20-21H,2,6,9-10,14,16H2,1H3. The largest absolute Gasteiger partial charge is 0.493 e. The molecule has 0 aliphatic carbocycles. The molecular formula is C24H26FNO3. The van der Waals surface area contributed by atoms with E-state index in [1.807, 2.05) is 42.2 Å². The molecule has 29 heavy (non-hydrogen) atoms. The van der Waals surface area contributed by atoms with Crippen LogP contribution >= 0.6 is 0 Å². The van der Waals surface area contributed by atoms with Crippen molar-refractivity contribution in [2.45, 2.75) is 51.3 Å². The van der Waals surface area contributed by atoms with Crippen molar-refractivity contribution in [1.82, 2.24) is 4.90 Å². The molecule has 2 unspecified atom stereocenters. The Morgan fingerprint density at radius 1 is 1.17 bits per heavy atom. The fourth-order valence-corrected chi connectivity index (χ4v) is 4.34. The summed E-state index contributed by atoms with van der Waals surface area (Å²) in [5.74, 6) is 0.261. The molecule has 2 bridgehead atoms. The summed E-state index contributed by atoms with van der Waals surface area (Å²) in [4.78, 5) is 14.7. The first-order valence-electron chi connectivity index (χ1n) is 10.3. The van der Waals surface area contributed by atoms with Crippen molar-refractivity contribution in [2.24, 2.45) is 0 Å². The first-order chi connectivity index (χ1) is 14.2. The molecule has 152 valence electrons. The molecule has 0 N–H and O–H groups in total. The molecule has 2 atom stereocenters. The van der Waals surface area contributed by atoms with Gasteiger partial charge in [0.1, 0.15) is 18.2 Å². The number of nitrogens with zero attached hydrogens (tertiary/aromatic N) is 1. The van der Waals surface area contributed by atoms with Crippen LogP contribution in [0.15, 0.2) is 54.6 Å². The number of rotatable bonds is 5. The second-order valence-electron chi connectivity index (χ2n) is 7.57. The molecule has 2 aliphatic rings. The number of ether oxygens (including phenoxy) is 2. The Hall–Kier alpha value is -2.82. The number of fused-ring (bicyclic) bond motifs is 2. The third-order valence-electron chi connectivity index (χ3n) is 5.64. The van der Waals surface area contributed by atoms with E-state index < -0.39 is 0 Å². The van der Waals surface area contributed by atoms with Gasteiger partial charge < -0.3 is 9.47 Å². The predicted molar refractivity (Wildman–Crippen MR) is 110 cm³/mol. The van der Waals surface area contributed by atoms with Crippen molar-refractivity contribution in [1.29, 1.82) is 0 Å². The molecule has 0 spiro atoms. The van der Waals surface area contributed by atoms with Crippen LogP contribution in [0.25, 0.3) is 5.57 Å². The van der Waals surface area contributed by atoms with Crippen LogP contribution in [0.4, 0.5) is 9.18 Å². The van der Waals surface area contributed by atoms with Gasteiger partial charge in [-0.15, -0.1) is 0 Å². The van der Waals surface area contributed by atoms with Crippen molar-refractivity contribution in [3.8, 4) is 5.75 Å². The number of amides is 1. The average Bonchev–Trinajstić information content (AvgIpc) is 2.72. The van der Waals surface area contributed by atoms with Gasteiger partial charge in [0.05, 0.1) is 12.6 Å². The summed E-state index contributed by atoms with van der Waals surface area (Å²) < 4.78 is 25.0. The topological polar surface area (TPSA) is 38.8 Å². The van der Waals surface area contributed by atoms with Crippen molar-refractivity contribution in [3.63, 3.8) is 0 Å². The molecule has 0 aromatic heterocycles. The summed E-state index contributed by atoms with van der Waals surface area (Å²) in [6.45, 7) is 2.65. The fraction of sp³-hybridized carbons (Fsp3) is 0.375.